The van der Waals surface area contributed by atoms with Crippen molar-refractivity contribution >= 4 is 33.3 Å². The van der Waals surface area contributed by atoms with Crippen LogP contribution >= 0.6 is 0 Å². The number of anilines is 2. The monoisotopic (exact) mass is 480 g/mol. The summed E-state index contributed by atoms with van der Waals surface area (Å²) in [5, 5.41) is 2.72. The molecule has 176 valence electrons. The second-order valence-electron chi connectivity index (χ2n) is 7.99. The van der Waals surface area contributed by atoms with Crippen LogP contribution in [0.25, 0.3) is 0 Å². The predicted octanol–water partition coefficient (Wildman–Crippen LogP) is 3.69. The molecule has 3 aromatic carbocycles. The molecule has 1 amide bonds. The number of benzene rings is 3. The van der Waals surface area contributed by atoms with E-state index in [4.69, 9.17) is 4.74 Å². The standard InChI is InChI=1S/C25H24N2O6S/c1-16-4-11-20(12-5-16)34(30,31)27-15-23(33-22-14-17(2)6-13-21(22)27)24(28)26-19-9-7-18(8-10-19)25(29)32-3/h4-14,23H,15H2,1-3H3,(H,26,28)/t23-/m0/s1. The van der Waals surface area contributed by atoms with Gasteiger partial charge in [-0.25, -0.2) is 13.2 Å². The molecule has 0 radical (unpaired) electrons. The zero-order valence-corrected chi connectivity index (χ0v) is 19.8. The number of esters is 1. The average molecular weight is 481 g/mol. The number of methoxy groups -OCH3 is 1. The van der Waals surface area contributed by atoms with Crippen LogP contribution in [0.15, 0.2) is 71.6 Å². The molecule has 3 aromatic rings. The fourth-order valence-corrected chi connectivity index (χ4v) is 5.07. The number of fused-ring (bicyclic) bond motifs is 1. The summed E-state index contributed by atoms with van der Waals surface area (Å²) in [4.78, 5) is 24.8. The number of amides is 1. The van der Waals surface area contributed by atoms with Gasteiger partial charge in [0.2, 0.25) is 0 Å². The van der Waals surface area contributed by atoms with E-state index in [1.54, 1.807) is 54.6 Å². The Morgan fingerprint density at radius 2 is 1.62 bits per heavy atom. The number of sulfonamides is 1. The van der Waals surface area contributed by atoms with E-state index < -0.39 is 28.0 Å². The van der Waals surface area contributed by atoms with Gasteiger partial charge in [0.25, 0.3) is 15.9 Å². The minimum atomic E-state index is -3.94. The summed E-state index contributed by atoms with van der Waals surface area (Å²) in [6, 6.07) is 17.9. The largest absolute Gasteiger partial charge is 0.476 e. The van der Waals surface area contributed by atoms with Crippen LogP contribution < -0.4 is 14.4 Å². The molecule has 4 rings (SSSR count). The number of nitrogens with zero attached hydrogens (tertiary/aromatic N) is 1. The van der Waals surface area contributed by atoms with E-state index in [2.05, 4.69) is 10.1 Å². The lowest BCUT2D eigenvalue weighted by atomic mass is 10.1. The van der Waals surface area contributed by atoms with Crippen molar-refractivity contribution < 1.29 is 27.5 Å². The lowest BCUT2D eigenvalue weighted by Crippen LogP contribution is -2.48. The molecule has 0 saturated heterocycles. The molecule has 0 spiro atoms. The van der Waals surface area contributed by atoms with Crippen molar-refractivity contribution in [3.05, 3.63) is 83.4 Å². The Labute approximate surface area is 198 Å². The van der Waals surface area contributed by atoms with Gasteiger partial charge in [0.05, 0.1) is 29.8 Å². The molecule has 1 heterocycles. The summed E-state index contributed by atoms with van der Waals surface area (Å²) >= 11 is 0. The van der Waals surface area contributed by atoms with Gasteiger partial charge in [-0.3, -0.25) is 9.10 Å². The highest BCUT2D eigenvalue weighted by molar-refractivity contribution is 7.92. The minimum absolute atomic E-state index is 0.129. The molecule has 1 atom stereocenters. The Balaban J connectivity index is 1.63. The number of aryl methyl sites for hydroxylation is 2. The van der Waals surface area contributed by atoms with E-state index in [9.17, 15) is 18.0 Å². The van der Waals surface area contributed by atoms with E-state index >= 15 is 0 Å². The molecule has 0 saturated carbocycles. The van der Waals surface area contributed by atoms with Crippen molar-refractivity contribution in [1.29, 1.82) is 0 Å². The van der Waals surface area contributed by atoms with Crippen LogP contribution in [-0.2, 0) is 19.6 Å². The van der Waals surface area contributed by atoms with Crippen LogP contribution in [0, 0.1) is 13.8 Å². The van der Waals surface area contributed by atoms with Gasteiger partial charge in [-0.1, -0.05) is 23.8 Å². The van der Waals surface area contributed by atoms with E-state index in [-0.39, 0.29) is 11.4 Å². The van der Waals surface area contributed by atoms with Crippen molar-refractivity contribution in [3.8, 4) is 5.75 Å². The van der Waals surface area contributed by atoms with Crippen LogP contribution in [0.3, 0.4) is 0 Å². The van der Waals surface area contributed by atoms with E-state index in [1.807, 2.05) is 13.8 Å². The molecule has 0 aliphatic carbocycles. The maximum absolute atomic E-state index is 13.5. The summed E-state index contributed by atoms with van der Waals surface area (Å²) < 4.78 is 38.8. The van der Waals surface area contributed by atoms with Gasteiger partial charge in [-0.15, -0.1) is 0 Å². The highest BCUT2D eigenvalue weighted by atomic mass is 32.2. The van der Waals surface area contributed by atoms with E-state index in [0.717, 1.165) is 11.1 Å². The number of rotatable bonds is 5. The predicted molar refractivity (Wildman–Crippen MR) is 128 cm³/mol. The van der Waals surface area contributed by atoms with Crippen LogP contribution in [0.2, 0.25) is 0 Å². The third kappa shape index (κ3) is 4.60. The molecule has 8 nitrogen and oxygen atoms in total. The maximum Gasteiger partial charge on any atom is 0.337 e. The normalized spacial score (nSPS) is 15.1. The van der Waals surface area contributed by atoms with Crippen molar-refractivity contribution in [2.45, 2.75) is 24.8 Å². The first-order chi connectivity index (χ1) is 16.2. The van der Waals surface area contributed by atoms with E-state index in [0.29, 0.717) is 22.7 Å². The number of carbonyl (C=O) groups excluding carboxylic acids is 2. The van der Waals surface area contributed by atoms with Crippen LogP contribution in [-0.4, -0.2) is 40.1 Å². The molecule has 0 unspecified atom stereocenters. The zero-order valence-electron chi connectivity index (χ0n) is 18.9. The molecular weight excluding hydrogens is 456 g/mol. The highest BCUT2D eigenvalue weighted by Gasteiger charge is 2.37. The van der Waals surface area contributed by atoms with Gasteiger partial charge in [0, 0.05) is 5.69 Å². The third-order valence-corrected chi connectivity index (χ3v) is 7.25. The fourth-order valence-electron chi connectivity index (χ4n) is 3.59. The summed E-state index contributed by atoms with van der Waals surface area (Å²) in [5.74, 6) is -0.692. The Hall–Kier alpha value is -3.85. The summed E-state index contributed by atoms with van der Waals surface area (Å²) in [6.45, 7) is 3.54. The summed E-state index contributed by atoms with van der Waals surface area (Å²) in [6.07, 6.45) is -1.09. The van der Waals surface area contributed by atoms with Gasteiger partial charge in [0.1, 0.15) is 5.75 Å². The van der Waals surface area contributed by atoms with Crippen LogP contribution in [0.1, 0.15) is 21.5 Å². The molecule has 1 aliphatic rings. The lowest BCUT2D eigenvalue weighted by Gasteiger charge is -2.35. The SMILES string of the molecule is COC(=O)c1ccc(NC(=O)[C@@H]2CN(S(=O)(=O)c3ccc(C)cc3)c3ccc(C)cc3O2)cc1. The number of ether oxygens (including phenoxy) is 2. The Bertz CT molecular complexity index is 1330. The summed E-state index contributed by atoms with van der Waals surface area (Å²) in [7, 11) is -2.65. The van der Waals surface area contributed by atoms with Gasteiger partial charge < -0.3 is 14.8 Å². The first kappa shape index (κ1) is 23.3. The Kier molecular flexibility index (Phi) is 6.30. The van der Waals surface area contributed by atoms with Gasteiger partial charge in [0.15, 0.2) is 6.10 Å². The molecule has 1 N–H and O–H groups in total. The van der Waals surface area contributed by atoms with Gasteiger partial charge in [-0.05, 0) is 67.9 Å². The average Bonchev–Trinajstić information content (AvgIpc) is 2.83. The molecule has 0 bridgehead atoms. The number of nitrogens with one attached hydrogen (secondary N) is 1. The van der Waals surface area contributed by atoms with Crippen molar-refractivity contribution in [1.82, 2.24) is 0 Å². The van der Waals surface area contributed by atoms with Gasteiger partial charge >= 0.3 is 5.97 Å². The molecule has 0 aromatic heterocycles. The first-order valence-electron chi connectivity index (χ1n) is 10.5. The van der Waals surface area contributed by atoms with Crippen LogP contribution in [0.4, 0.5) is 11.4 Å². The minimum Gasteiger partial charge on any atom is -0.476 e. The smallest absolute Gasteiger partial charge is 0.337 e. The van der Waals surface area contributed by atoms with Crippen molar-refractivity contribution in [3.63, 3.8) is 0 Å². The summed E-state index contributed by atoms with van der Waals surface area (Å²) in [5.41, 5.74) is 2.95. The number of carbonyl (C=O) groups is 2. The van der Waals surface area contributed by atoms with Crippen molar-refractivity contribution in [2.24, 2.45) is 0 Å². The Morgan fingerprint density at radius 1 is 0.971 bits per heavy atom. The molecular formula is C25H24N2O6S. The Morgan fingerprint density at radius 3 is 2.26 bits per heavy atom. The molecule has 0 fully saturated rings. The molecule has 34 heavy (non-hydrogen) atoms. The second kappa shape index (κ2) is 9.18. The first-order valence-corrected chi connectivity index (χ1v) is 12.0. The lowest BCUT2D eigenvalue weighted by molar-refractivity contribution is -0.122. The van der Waals surface area contributed by atoms with Crippen molar-refractivity contribution in [2.75, 3.05) is 23.3 Å². The molecule has 1 aliphatic heterocycles. The number of hydrogen-bond acceptors (Lipinski definition) is 6. The second-order valence-corrected chi connectivity index (χ2v) is 9.85. The fraction of sp³-hybridized carbons (Fsp3) is 0.200. The maximum atomic E-state index is 13.5. The quantitative estimate of drug-likeness (QED) is 0.559. The van der Waals surface area contributed by atoms with Gasteiger partial charge in [-0.2, -0.15) is 0 Å². The third-order valence-electron chi connectivity index (χ3n) is 5.46. The van der Waals surface area contributed by atoms with Crippen LogP contribution in [0.5, 0.6) is 5.75 Å². The van der Waals surface area contributed by atoms with E-state index in [1.165, 1.54) is 23.5 Å². The molecule has 9 heteroatoms. The topological polar surface area (TPSA) is 102 Å². The highest BCUT2D eigenvalue weighted by Crippen LogP contribution is 2.38. The number of hydrogen-bond donors (Lipinski definition) is 1. The zero-order chi connectivity index (χ0) is 24.5.